The van der Waals surface area contributed by atoms with Crippen LogP contribution in [-0.2, 0) is 6.54 Å². The number of rotatable bonds is 6. The van der Waals surface area contributed by atoms with Gasteiger partial charge in [-0.2, -0.15) is 0 Å². The molecular formula is C24H40IN5. The minimum absolute atomic E-state index is 0. The number of guanidine groups is 1. The molecule has 3 fully saturated rings. The highest BCUT2D eigenvalue weighted by molar-refractivity contribution is 14.0. The lowest BCUT2D eigenvalue weighted by molar-refractivity contribution is 0.198. The van der Waals surface area contributed by atoms with Gasteiger partial charge in [-0.1, -0.05) is 36.8 Å². The molecule has 1 aromatic carbocycles. The Bertz CT molecular complexity index is 646. The van der Waals surface area contributed by atoms with Crippen molar-refractivity contribution in [2.75, 3.05) is 52.9 Å². The first kappa shape index (κ1) is 23.8. The third kappa shape index (κ3) is 6.57. The van der Waals surface area contributed by atoms with E-state index in [0.717, 1.165) is 38.1 Å². The third-order valence-electron chi connectivity index (χ3n) is 6.99. The molecule has 168 valence electrons. The van der Waals surface area contributed by atoms with Gasteiger partial charge in [-0.15, -0.1) is 24.0 Å². The highest BCUT2D eigenvalue weighted by atomic mass is 127. The highest BCUT2D eigenvalue weighted by Gasteiger charge is 2.29. The normalized spacial score (nSPS) is 26.0. The topological polar surface area (TPSA) is 34.1 Å². The van der Waals surface area contributed by atoms with E-state index in [2.05, 4.69) is 55.3 Å². The molecule has 3 aliphatic rings. The molecule has 0 bridgehead atoms. The van der Waals surface area contributed by atoms with Crippen LogP contribution in [0.25, 0.3) is 0 Å². The predicted octanol–water partition coefficient (Wildman–Crippen LogP) is 3.65. The Hall–Kier alpha value is -0.860. The Kier molecular flexibility index (Phi) is 9.71. The fourth-order valence-electron chi connectivity index (χ4n) is 5.37. The maximum absolute atomic E-state index is 4.62. The van der Waals surface area contributed by atoms with Crippen molar-refractivity contribution in [3.63, 3.8) is 0 Å². The van der Waals surface area contributed by atoms with Gasteiger partial charge < -0.3 is 15.1 Å². The number of likely N-dealkylation sites (tertiary alicyclic amines) is 3. The first-order valence-corrected chi connectivity index (χ1v) is 11.8. The van der Waals surface area contributed by atoms with Gasteiger partial charge in [0.2, 0.25) is 0 Å². The summed E-state index contributed by atoms with van der Waals surface area (Å²) in [5, 5.41) is 3.71. The van der Waals surface area contributed by atoms with Crippen LogP contribution in [0.5, 0.6) is 0 Å². The molecule has 2 atom stereocenters. The maximum Gasteiger partial charge on any atom is 0.193 e. The second-order valence-corrected chi connectivity index (χ2v) is 9.14. The molecule has 5 nitrogen and oxygen atoms in total. The van der Waals surface area contributed by atoms with E-state index in [-0.39, 0.29) is 24.0 Å². The van der Waals surface area contributed by atoms with E-state index >= 15 is 0 Å². The van der Waals surface area contributed by atoms with E-state index in [0.29, 0.717) is 6.04 Å². The molecule has 0 amide bonds. The second kappa shape index (κ2) is 12.2. The SMILES string of the molecule is CN=C(NCC1CCCN1Cc1ccccc1)N1CCC(CN2CCCCC2)C1.I. The smallest absolute Gasteiger partial charge is 0.193 e. The summed E-state index contributed by atoms with van der Waals surface area (Å²) in [7, 11) is 1.94. The molecule has 4 rings (SSSR count). The summed E-state index contributed by atoms with van der Waals surface area (Å²) in [6.45, 7) is 9.48. The summed E-state index contributed by atoms with van der Waals surface area (Å²) in [6, 6.07) is 11.5. The summed E-state index contributed by atoms with van der Waals surface area (Å²) in [5.74, 6) is 1.91. The van der Waals surface area contributed by atoms with E-state index in [4.69, 9.17) is 0 Å². The van der Waals surface area contributed by atoms with Gasteiger partial charge in [-0.3, -0.25) is 9.89 Å². The Morgan fingerprint density at radius 1 is 1.00 bits per heavy atom. The second-order valence-electron chi connectivity index (χ2n) is 9.14. The quantitative estimate of drug-likeness (QED) is 0.350. The molecule has 0 radical (unpaired) electrons. The number of hydrogen-bond acceptors (Lipinski definition) is 3. The van der Waals surface area contributed by atoms with Gasteiger partial charge in [0, 0.05) is 45.8 Å². The van der Waals surface area contributed by atoms with E-state index in [1.165, 1.54) is 70.3 Å². The molecule has 1 N–H and O–H groups in total. The predicted molar refractivity (Wildman–Crippen MR) is 137 cm³/mol. The number of nitrogens with one attached hydrogen (secondary N) is 1. The third-order valence-corrected chi connectivity index (χ3v) is 6.99. The number of hydrogen-bond donors (Lipinski definition) is 1. The van der Waals surface area contributed by atoms with Gasteiger partial charge >= 0.3 is 0 Å². The Balaban J connectivity index is 0.00000256. The number of aliphatic imine (C=N–C) groups is 1. The van der Waals surface area contributed by atoms with E-state index < -0.39 is 0 Å². The van der Waals surface area contributed by atoms with Crippen LogP contribution in [0.1, 0.15) is 44.1 Å². The molecule has 0 aromatic heterocycles. The Morgan fingerprint density at radius 3 is 2.57 bits per heavy atom. The summed E-state index contributed by atoms with van der Waals surface area (Å²) < 4.78 is 0. The summed E-state index contributed by atoms with van der Waals surface area (Å²) in [6.07, 6.45) is 8.10. The lowest BCUT2D eigenvalue weighted by Crippen LogP contribution is -2.46. The molecule has 6 heteroatoms. The monoisotopic (exact) mass is 525 g/mol. The molecule has 3 heterocycles. The molecule has 0 aliphatic carbocycles. The number of piperidine rings is 1. The van der Waals surface area contributed by atoms with E-state index in [9.17, 15) is 0 Å². The van der Waals surface area contributed by atoms with Crippen LogP contribution < -0.4 is 5.32 Å². The van der Waals surface area contributed by atoms with Crippen molar-refractivity contribution in [1.29, 1.82) is 0 Å². The Morgan fingerprint density at radius 2 is 1.80 bits per heavy atom. The molecule has 0 spiro atoms. The zero-order valence-corrected chi connectivity index (χ0v) is 21.0. The van der Waals surface area contributed by atoms with Crippen molar-refractivity contribution in [2.24, 2.45) is 10.9 Å². The van der Waals surface area contributed by atoms with Crippen LogP contribution in [0.15, 0.2) is 35.3 Å². The average molecular weight is 526 g/mol. The van der Waals surface area contributed by atoms with Crippen molar-refractivity contribution < 1.29 is 0 Å². The molecular weight excluding hydrogens is 485 g/mol. The molecule has 30 heavy (non-hydrogen) atoms. The minimum atomic E-state index is 0. The summed E-state index contributed by atoms with van der Waals surface area (Å²) in [5.41, 5.74) is 1.42. The van der Waals surface area contributed by atoms with Crippen LogP contribution in [0, 0.1) is 5.92 Å². The van der Waals surface area contributed by atoms with Crippen LogP contribution in [-0.4, -0.2) is 79.6 Å². The fraction of sp³-hybridized carbons (Fsp3) is 0.708. The van der Waals surface area contributed by atoms with Crippen LogP contribution in [0.4, 0.5) is 0 Å². The largest absolute Gasteiger partial charge is 0.355 e. The van der Waals surface area contributed by atoms with Crippen molar-refractivity contribution in [1.82, 2.24) is 20.0 Å². The van der Waals surface area contributed by atoms with Gasteiger partial charge in [-0.05, 0) is 63.2 Å². The average Bonchev–Trinajstić information content (AvgIpc) is 3.40. The van der Waals surface area contributed by atoms with Gasteiger partial charge in [0.05, 0.1) is 0 Å². The lowest BCUT2D eigenvalue weighted by Gasteiger charge is -2.30. The van der Waals surface area contributed by atoms with Crippen molar-refractivity contribution in [3.8, 4) is 0 Å². The maximum atomic E-state index is 4.62. The van der Waals surface area contributed by atoms with Crippen LogP contribution in [0.2, 0.25) is 0 Å². The zero-order chi connectivity index (χ0) is 19.9. The van der Waals surface area contributed by atoms with Crippen molar-refractivity contribution in [3.05, 3.63) is 35.9 Å². The van der Waals surface area contributed by atoms with Gasteiger partial charge in [-0.25, -0.2) is 0 Å². The van der Waals surface area contributed by atoms with Crippen molar-refractivity contribution >= 4 is 29.9 Å². The first-order chi connectivity index (χ1) is 14.3. The van der Waals surface area contributed by atoms with E-state index in [1.54, 1.807) is 0 Å². The van der Waals surface area contributed by atoms with Gasteiger partial charge in [0.25, 0.3) is 0 Å². The van der Waals surface area contributed by atoms with E-state index in [1.807, 2.05) is 7.05 Å². The minimum Gasteiger partial charge on any atom is -0.355 e. The Labute approximate surface area is 200 Å². The summed E-state index contributed by atoms with van der Waals surface area (Å²) in [4.78, 5) is 12.4. The highest BCUT2D eigenvalue weighted by Crippen LogP contribution is 2.21. The zero-order valence-electron chi connectivity index (χ0n) is 18.6. The fourth-order valence-corrected chi connectivity index (χ4v) is 5.37. The number of benzene rings is 1. The van der Waals surface area contributed by atoms with Gasteiger partial charge in [0.1, 0.15) is 0 Å². The lowest BCUT2D eigenvalue weighted by atomic mass is 10.1. The summed E-state index contributed by atoms with van der Waals surface area (Å²) >= 11 is 0. The molecule has 0 saturated carbocycles. The van der Waals surface area contributed by atoms with Crippen LogP contribution >= 0.6 is 24.0 Å². The van der Waals surface area contributed by atoms with Crippen molar-refractivity contribution in [2.45, 2.75) is 51.1 Å². The van der Waals surface area contributed by atoms with Crippen LogP contribution in [0.3, 0.4) is 0 Å². The number of nitrogens with zero attached hydrogens (tertiary/aromatic N) is 4. The van der Waals surface area contributed by atoms with Gasteiger partial charge in [0.15, 0.2) is 5.96 Å². The standard InChI is InChI=1S/C24H39N5.HI/c1-25-24(29-16-12-22(20-29)18-27-13-6-3-7-14-27)26-17-23-11-8-15-28(23)19-21-9-4-2-5-10-21;/h2,4-5,9-10,22-23H,3,6-8,11-20H2,1H3,(H,25,26);1H. The first-order valence-electron chi connectivity index (χ1n) is 11.8. The molecule has 3 aliphatic heterocycles. The molecule has 1 aromatic rings. The molecule has 2 unspecified atom stereocenters. The number of halogens is 1. The molecule has 3 saturated heterocycles.